The molecular formula is C26H32N4O4. The van der Waals surface area contributed by atoms with Crippen molar-refractivity contribution < 1.29 is 19.4 Å². The molecule has 2 amide bonds. The van der Waals surface area contributed by atoms with Gasteiger partial charge in [-0.1, -0.05) is 38.5 Å². The van der Waals surface area contributed by atoms with Gasteiger partial charge in [0.2, 0.25) is 5.88 Å². The summed E-state index contributed by atoms with van der Waals surface area (Å²) in [6.45, 7) is 5.28. The Bertz CT molecular complexity index is 1150. The predicted molar refractivity (Wildman–Crippen MR) is 132 cm³/mol. The fraction of sp³-hybridized carbons (Fsp3) is 0.385. The standard InChI is InChI=1S/C26H32N4O4/c1-18(2)17-30-22-14-13-20(34-3)16-21(22)24(26(30)33)29-28-23(31)12-8-5-9-15-27-25(32)19-10-6-4-7-11-19/h4,6-7,10-11,13-14,16,18,33H,5,8-9,12,15,17H2,1-3H3,(H,27,32). The second-order valence-corrected chi connectivity index (χ2v) is 8.59. The van der Waals surface area contributed by atoms with Crippen LogP contribution in [0.1, 0.15) is 49.9 Å². The monoisotopic (exact) mass is 464 g/mol. The molecule has 8 nitrogen and oxygen atoms in total. The maximum absolute atomic E-state index is 12.3. The van der Waals surface area contributed by atoms with Crippen molar-refractivity contribution in [2.45, 2.75) is 46.1 Å². The number of azo groups is 1. The number of carbonyl (C=O) groups is 2. The summed E-state index contributed by atoms with van der Waals surface area (Å²) in [6, 6.07) is 14.5. The second-order valence-electron chi connectivity index (χ2n) is 8.59. The maximum Gasteiger partial charge on any atom is 0.264 e. The molecule has 0 atom stereocenters. The lowest BCUT2D eigenvalue weighted by Gasteiger charge is -2.09. The number of carbonyl (C=O) groups excluding carboxylic acids is 2. The number of methoxy groups -OCH3 is 1. The molecule has 0 unspecified atom stereocenters. The van der Waals surface area contributed by atoms with E-state index in [-0.39, 0.29) is 29.8 Å². The van der Waals surface area contributed by atoms with E-state index >= 15 is 0 Å². The summed E-state index contributed by atoms with van der Waals surface area (Å²) < 4.78 is 7.08. The van der Waals surface area contributed by atoms with Gasteiger partial charge in [-0.15, -0.1) is 10.2 Å². The molecule has 0 radical (unpaired) electrons. The van der Waals surface area contributed by atoms with Crippen LogP contribution in [0, 0.1) is 5.92 Å². The smallest absolute Gasteiger partial charge is 0.264 e. The number of hydrogen-bond donors (Lipinski definition) is 2. The number of ether oxygens (including phenoxy) is 1. The third-order valence-electron chi connectivity index (χ3n) is 5.42. The molecule has 0 fully saturated rings. The number of rotatable bonds is 11. The van der Waals surface area contributed by atoms with Gasteiger partial charge in [0.25, 0.3) is 11.8 Å². The summed E-state index contributed by atoms with van der Waals surface area (Å²) in [6.07, 6.45) is 2.46. The molecule has 2 N–H and O–H groups in total. The fourth-order valence-electron chi connectivity index (χ4n) is 3.71. The molecule has 180 valence electrons. The highest BCUT2D eigenvalue weighted by Gasteiger charge is 2.18. The number of aromatic nitrogens is 1. The van der Waals surface area contributed by atoms with E-state index in [1.807, 2.05) is 30.3 Å². The highest BCUT2D eigenvalue weighted by Crippen LogP contribution is 2.41. The molecule has 1 heterocycles. The molecule has 0 aliphatic heterocycles. The lowest BCUT2D eigenvalue weighted by Crippen LogP contribution is -2.24. The molecule has 34 heavy (non-hydrogen) atoms. The van der Waals surface area contributed by atoms with Gasteiger partial charge in [0.05, 0.1) is 12.6 Å². The van der Waals surface area contributed by atoms with Gasteiger partial charge in [0.15, 0.2) is 5.69 Å². The Kier molecular flexibility index (Phi) is 8.79. The molecule has 0 saturated carbocycles. The Morgan fingerprint density at radius 2 is 1.85 bits per heavy atom. The fourth-order valence-corrected chi connectivity index (χ4v) is 3.71. The van der Waals surface area contributed by atoms with Crippen molar-refractivity contribution in [1.82, 2.24) is 9.88 Å². The Labute approximate surface area is 199 Å². The highest BCUT2D eigenvalue weighted by molar-refractivity contribution is 5.96. The van der Waals surface area contributed by atoms with Gasteiger partial charge in [-0.25, -0.2) is 0 Å². The number of amides is 2. The van der Waals surface area contributed by atoms with Crippen LogP contribution in [-0.2, 0) is 11.3 Å². The van der Waals surface area contributed by atoms with E-state index < -0.39 is 0 Å². The topological polar surface area (TPSA) is 105 Å². The van der Waals surface area contributed by atoms with Crippen molar-refractivity contribution in [3.63, 3.8) is 0 Å². The summed E-state index contributed by atoms with van der Waals surface area (Å²) in [7, 11) is 1.57. The van der Waals surface area contributed by atoms with Gasteiger partial charge >= 0.3 is 0 Å². The molecule has 0 bridgehead atoms. The first-order valence-corrected chi connectivity index (χ1v) is 11.6. The van der Waals surface area contributed by atoms with Gasteiger partial charge in [-0.3, -0.25) is 9.59 Å². The molecule has 0 aliphatic carbocycles. The normalized spacial score (nSPS) is 11.4. The summed E-state index contributed by atoms with van der Waals surface area (Å²) in [5, 5.41) is 22.3. The van der Waals surface area contributed by atoms with Gasteiger partial charge in [-0.2, -0.15) is 0 Å². The first kappa shape index (κ1) is 25.0. The summed E-state index contributed by atoms with van der Waals surface area (Å²) in [4.78, 5) is 24.3. The van der Waals surface area contributed by atoms with Gasteiger partial charge in [0, 0.05) is 30.5 Å². The van der Waals surface area contributed by atoms with Crippen molar-refractivity contribution in [1.29, 1.82) is 0 Å². The van der Waals surface area contributed by atoms with Crippen LogP contribution in [-0.4, -0.2) is 35.1 Å². The Morgan fingerprint density at radius 1 is 1.09 bits per heavy atom. The minimum atomic E-state index is -0.347. The van der Waals surface area contributed by atoms with Crippen molar-refractivity contribution >= 4 is 28.4 Å². The average molecular weight is 465 g/mol. The van der Waals surface area contributed by atoms with Crippen LogP contribution >= 0.6 is 0 Å². The van der Waals surface area contributed by atoms with Crippen molar-refractivity contribution in [3.8, 4) is 11.6 Å². The number of hydrogen-bond acceptors (Lipinski definition) is 5. The third-order valence-corrected chi connectivity index (χ3v) is 5.42. The van der Waals surface area contributed by atoms with E-state index in [9.17, 15) is 14.7 Å². The number of nitrogens with one attached hydrogen (secondary N) is 1. The number of fused-ring (bicyclic) bond motifs is 1. The largest absolute Gasteiger partial charge is 0.497 e. The first-order chi connectivity index (χ1) is 16.4. The summed E-state index contributed by atoms with van der Waals surface area (Å²) in [5.74, 6) is 0.491. The number of aromatic hydroxyl groups is 1. The van der Waals surface area contributed by atoms with E-state index in [4.69, 9.17) is 4.74 Å². The summed E-state index contributed by atoms with van der Waals surface area (Å²) in [5.41, 5.74) is 1.71. The van der Waals surface area contributed by atoms with E-state index in [0.29, 0.717) is 42.1 Å². The van der Waals surface area contributed by atoms with E-state index in [0.717, 1.165) is 18.4 Å². The molecular weight excluding hydrogens is 432 g/mol. The molecule has 0 aliphatic rings. The number of unbranched alkanes of at least 4 members (excludes halogenated alkanes) is 2. The van der Waals surface area contributed by atoms with Gasteiger partial charge in [-0.05, 0) is 49.1 Å². The van der Waals surface area contributed by atoms with Crippen LogP contribution in [0.4, 0.5) is 5.69 Å². The summed E-state index contributed by atoms with van der Waals surface area (Å²) >= 11 is 0. The number of nitrogens with zero attached hydrogens (tertiary/aromatic N) is 3. The van der Waals surface area contributed by atoms with Crippen molar-refractivity contribution in [2.24, 2.45) is 16.1 Å². The van der Waals surface area contributed by atoms with Crippen LogP contribution in [0.2, 0.25) is 0 Å². The predicted octanol–water partition coefficient (Wildman–Crippen LogP) is 5.61. The van der Waals surface area contributed by atoms with Gasteiger partial charge < -0.3 is 19.7 Å². The zero-order valence-corrected chi connectivity index (χ0v) is 20.0. The quantitative estimate of drug-likeness (QED) is 0.284. The van der Waals surface area contributed by atoms with Crippen LogP contribution in [0.25, 0.3) is 10.9 Å². The molecule has 1 aromatic heterocycles. The zero-order chi connectivity index (χ0) is 24.5. The highest BCUT2D eigenvalue weighted by atomic mass is 16.5. The Balaban J connectivity index is 1.53. The molecule has 2 aromatic carbocycles. The average Bonchev–Trinajstić information content (AvgIpc) is 3.09. The van der Waals surface area contributed by atoms with Crippen molar-refractivity contribution in [3.05, 3.63) is 54.1 Å². The van der Waals surface area contributed by atoms with E-state index in [1.165, 1.54) is 0 Å². The van der Waals surface area contributed by atoms with Crippen LogP contribution in [0.3, 0.4) is 0 Å². The molecule has 3 aromatic rings. The molecule has 0 saturated heterocycles. The van der Waals surface area contributed by atoms with Gasteiger partial charge in [0.1, 0.15) is 5.75 Å². The van der Waals surface area contributed by atoms with E-state index in [1.54, 1.807) is 29.9 Å². The van der Waals surface area contributed by atoms with Crippen LogP contribution in [0.15, 0.2) is 58.8 Å². The lowest BCUT2D eigenvalue weighted by atomic mass is 10.2. The third kappa shape index (κ3) is 6.43. The molecule has 3 rings (SSSR count). The maximum atomic E-state index is 12.3. The second kappa shape index (κ2) is 12.0. The number of benzene rings is 2. The van der Waals surface area contributed by atoms with Crippen molar-refractivity contribution in [2.75, 3.05) is 13.7 Å². The first-order valence-electron chi connectivity index (χ1n) is 11.6. The minimum absolute atomic E-state index is 0.0114. The molecule has 0 spiro atoms. The zero-order valence-electron chi connectivity index (χ0n) is 20.0. The SMILES string of the molecule is COc1ccc2c(c1)c(N=NC(=O)CCCCCNC(=O)c1ccccc1)c(O)n2CC(C)C. The minimum Gasteiger partial charge on any atom is -0.497 e. The van der Waals surface area contributed by atoms with Crippen LogP contribution in [0.5, 0.6) is 11.6 Å². The Hall–Kier alpha value is -3.68. The molecule has 8 heteroatoms. The van der Waals surface area contributed by atoms with E-state index in [2.05, 4.69) is 29.4 Å². The Morgan fingerprint density at radius 3 is 2.56 bits per heavy atom. The van der Waals surface area contributed by atoms with Crippen LogP contribution < -0.4 is 10.1 Å². The lowest BCUT2D eigenvalue weighted by molar-refractivity contribution is -0.118.